The van der Waals surface area contributed by atoms with Gasteiger partial charge in [0, 0.05) is 6.54 Å². The van der Waals surface area contributed by atoms with E-state index in [1.54, 1.807) is 7.11 Å². The Morgan fingerprint density at radius 3 is 2.57 bits per heavy atom. The summed E-state index contributed by atoms with van der Waals surface area (Å²) in [5.74, 6) is 0.857. The van der Waals surface area contributed by atoms with E-state index in [-0.39, 0.29) is 0 Å². The molecular formula is C12H19NO. The molecule has 0 saturated carbocycles. The van der Waals surface area contributed by atoms with Gasteiger partial charge in [0.25, 0.3) is 0 Å². The number of hydrogen-bond donors (Lipinski definition) is 0. The minimum Gasteiger partial charge on any atom is -0.497 e. The normalized spacial score (nSPS) is 12.5. The van der Waals surface area contributed by atoms with Gasteiger partial charge in [-0.05, 0) is 44.7 Å². The fourth-order valence-corrected chi connectivity index (χ4v) is 0.987. The van der Waals surface area contributed by atoms with Crippen molar-refractivity contribution in [1.82, 2.24) is 0 Å². The number of aliphatic imine (C=N–C) groups is 1. The molecule has 0 fully saturated rings. The first-order chi connectivity index (χ1) is 6.65. The first-order valence-corrected chi connectivity index (χ1v) is 4.65. The number of hydrogen-bond acceptors (Lipinski definition) is 2. The van der Waals surface area contributed by atoms with Gasteiger partial charge in [0.15, 0.2) is 0 Å². The average Bonchev–Trinajstić information content (AvgIpc) is 2.21. The topological polar surface area (TPSA) is 21.6 Å². The van der Waals surface area contributed by atoms with Gasteiger partial charge in [-0.3, -0.25) is 0 Å². The molecule has 0 atom stereocenters. The van der Waals surface area contributed by atoms with Gasteiger partial charge in [-0.15, -0.1) is 0 Å². The molecule has 0 aromatic rings. The van der Waals surface area contributed by atoms with Crippen molar-refractivity contribution < 1.29 is 4.74 Å². The Kier molecular flexibility index (Phi) is 6.46. The molecule has 2 nitrogen and oxygen atoms in total. The van der Waals surface area contributed by atoms with E-state index in [9.17, 15) is 0 Å². The summed E-state index contributed by atoms with van der Waals surface area (Å²) in [6.07, 6.45) is 4.75. The molecule has 14 heavy (non-hydrogen) atoms. The third-order valence-corrected chi connectivity index (χ3v) is 2.01. The van der Waals surface area contributed by atoms with Crippen molar-refractivity contribution in [2.45, 2.75) is 20.3 Å². The summed E-state index contributed by atoms with van der Waals surface area (Å²) in [5.41, 5.74) is 2.21. The minimum absolute atomic E-state index is 0.724. The van der Waals surface area contributed by atoms with E-state index in [1.165, 1.54) is 0 Å². The Balaban J connectivity index is 4.36. The highest BCUT2D eigenvalue weighted by Crippen LogP contribution is 2.14. The molecule has 0 unspecified atom stereocenters. The van der Waals surface area contributed by atoms with E-state index < -0.39 is 0 Å². The molecule has 0 bridgehead atoms. The third kappa shape index (κ3) is 4.65. The molecule has 0 aromatic heterocycles. The number of rotatable bonds is 6. The van der Waals surface area contributed by atoms with E-state index in [4.69, 9.17) is 4.74 Å². The fourth-order valence-electron chi connectivity index (χ4n) is 0.987. The van der Waals surface area contributed by atoms with Crippen LogP contribution in [-0.4, -0.2) is 20.4 Å². The molecule has 2 heteroatoms. The largest absolute Gasteiger partial charge is 0.497 e. The van der Waals surface area contributed by atoms with Crippen molar-refractivity contribution in [3.8, 4) is 0 Å². The molecule has 0 saturated heterocycles. The van der Waals surface area contributed by atoms with E-state index in [1.807, 2.05) is 26.0 Å². The highest BCUT2D eigenvalue weighted by Gasteiger charge is 1.97. The lowest BCUT2D eigenvalue weighted by molar-refractivity contribution is 0.305. The maximum atomic E-state index is 5.13. The zero-order valence-electron chi connectivity index (χ0n) is 9.34. The predicted octanol–water partition coefficient (Wildman–Crippen LogP) is 3.13. The van der Waals surface area contributed by atoms with E-state index in [0.717, 1.165) is 29.9 Å². The molecule has 0 aliphatic carbocycles. The van der Waals surface area contributed by atoms with Crippen molar-refractivity contribution in [3.63, 3.8) is 0 Å². The molecule has 0 heterocycles. The average molecular weight is 193 g/mol. The van der Waals surface area contributed by atoms with Crippen LogP contribution in [0.5, 0.6) is 0 Å². The van der Waals surface area contributed by atoms with Crippen molar-refractivity contribution >= 4 is 6.72 Å². The minimum atomic E-state index is 0.724. The lowest BCUT2D eigenvalue weighted by Crippen LogP contribution is -1.90. The van der Waals surface area contributed by atoms with Crippen LogP contribution in [0.3, 0.4) is 0 Å². The zero-order valence-corrected chi connectivity index (χ0v) is 9.34. The molecule has 0 amide bonds. The third-order valence-electron chi connectivity index (χ3n) is 2.01. The van der Waals surface area contributed by atoms with Crippen molar-refractivity contribution in [1.29, 1.82) is 0 Å². The van der Waals surface area contributed by atoms with Crippen LogP contribution in [0.2, 0.25) is 0 Å². The van der Waals surface area contributed by atoms with Crippen LogP contribution in [0.4, 0.5) is 0 Å². The zero-order chi connectivity index (χ0) is 11.0. The summed E-state index contributed by atoms with van der Waals surface area (Å²) >= 11 is 0. The number of methoxy groups -OCH3 is 1. The van der Waals surface area contributed by atoms with Gasteiger partial charge < -0.3 is 9.73 Å². The molecule has 0 aromatic carbocycles. The molecule has 0 aliphatic rings. The van der Waals surface area contributed by atoms with Gasteiger partial charge >= 0.3 is 0 Å². The van der Waals surface area contributed by atoms with Crippen molar-refractivity contribution in [2.75, 3.05) is 13.7 Å². The second-order valence-corrected chi connectivity index (χ2v) is 3.02. The van der Waals surface area contributed by atoms with Gasteiger partial charge in [-0.25, -0.2) is 0 Å². The van der Waals surface area contributed by atoms with Gasteiger partial charge in [0.2, 0.25) is 0 Å². The lowest BCUT2D eigenvalue weighted by atomic mass is 10.1. The number of allylic oxidation sites excluding steroid dienone is 3. The molecule has 0 N–H and O–H groups in total. The molecule has 0 radical (unpaired) electrons. The standard InChI is InChI=1S/C12H19NO/c1-6-12(14-5)9-11(3)10(2)7-8-13-4/h6,9H,2,4,7-8H2,1,3,5H3. The maximum Gasteiger partial charge on any atom is 0.114 e. The van der Waals surface area contributed by atoms with Gasteiger partial charge in [-0.2, -0.15) is 0 Å². The number of ether oxygens (including phenoxy) is 1. The van der Waals surface area contributed by atoms with Crippen LogP contribution < -0.4 is 0 Å². The smallest absolute Gasteiger partial charge is 0.114 e. The van der Waals surface area contributed by atoms with Crippen LogP contribution >= 0.6 is 0 Å². The highest BCUT2D eigenvalue weighted by atomic mass is 16.5. The SMILES string of the molecule is C=NCCC(=C)C(C)=CC(=CC)OC. The Labute approximate surface area is 86.7 Å². The van der Waals surface area contributed by atoms with Crippen LogP contribution in [0.15, 0.2) is 40.6 Å². The maximum absolute atomic E-state index is 5.13. The van der Waals surface area contributed by atoms with Gasteiger partial charge in [0.1, 0.15) is 5.76 Å². The number of nitrogens with zero attached hydrogens (tertiary/aromatic N) is 1. The van der Waals surface area contributed by atoms with Crippen molar-refractivity contribution in [3.05, 3.63) is 35.6 Å². The van der Waals surface area contributed by atoms with Gasteiger partial charge in [-0.1, -0.05) is 12.2 Å². The Morgan fingerprint density at radius 2 is 2.14 bits per heavy atom. The second kappa shape index (κ2) is 7.13. The predicted molar refractivity (Wildman–Crippen MR) is 62.7 cm³/mol. The summed E-state index contributed by atoms with van der Waals surface area (Å²) in [6.45, 7) is 12.1. The van der Waals surface area contributed by atoms with E-state index in [0.29, 0.717) is 0 Å². The molecule has 0 spiro atoms. The summed E-state index contributed by atoms with van der Waals surface area (Å²) in [4.78, 5) is 3.79. The van der Waals surface area contributed by atoms with Crippen LogP contribution in [0, 0.1) is 0 Å². The monoisotopic (exact) mass is 193 g/mol. The molecule has 78 valence electrons. The lowest BCUT2D eigenvalue weighted by Gasteiger charge is -2.05. The van der Waals surface area contributed by atoms with E-state index >= 15 is 0 Å². The van der Waals surface area contributed by atoms with Gasteiger partial charge in [0.05, 0.1) is 7.11 Å². The first-order valence-electron chi connectivity index (χ1n) is 4.65. The van der Waals surface area contributed by atoms with E-state index in [2.05, 4.69) is 18.3 Å². The quantitative estimate of drug-likeness (QED) is 0.361. The Morgan fingerprint density at radius 1 is 1.50 bits per heavy atom. The van der Waals surface area contributed by atoms with Crippen LogP contribution in [0.1, 0.15) is 20.3 Å². The first kappa shape index (κ1) is 12.7. The summed E-state index contributed by atoms with van der Waals surface area (Å²) < 4.78 is 5.13. The summed E-state index contributed by atoms with van der Waals surface area (Å²) in [7, 11) is 1.66. The Hall–Kier alpha value is -1.31. The Bertz CT molecular complexity index is 261. The second-order valence-electron chi connectivity index (χ2n) is 3.02. The highest BCUT2D eigenvalue weighted by molar-refractivity contribution is 5.32. The summed E-state index contributed by atoms with van der Waals surface area (Å²) in [5, 5.41) is 0. The summed E-state index contributed by atoms with van der Waals surface area (Å²) in [6, 6.07) is 0. The van der Waals surface area contributed by atoms with Crippen LogP contribution in [-0.2, 0) is 4.74 Å². The fraction of sp³-hybridized carbons (Fsp3) is 0.417. The van der Waals surface area contributed by atoms with Crippen LogP contribution in [0.25, 0.3) is 0 Å². The van der Waals surface area contributed by atoms with Crippen molar-refractivity contribution in [2.24, 2.45) is 4.99 Å². The molecular weight excluding hydrogens is 174 g/mol. The molecule has 0 rings (SSSR count). The molecule has 0 aliphatic heterocycles.